The van der Waals surface area contributed by atoms with Crippen LogP contribution in [0.15, 0.2) is 54.0 Å². The maximum absolute atomic E-state index is 12.3. The highest BCUT2D eigenvalue weighted by molar-refractivity contribution is 7.13. The van der Waals surface area contributed by atoms with E-state index in [9.17, 15) is 4.79 Å². The van der Waals surface area contributed by atoms with Crippen molar-refractivity contribution in [3.8, 4) is 10.6 Å². The summed E-state index contributed by atoms with van der Waals surface area (Å²) >= 11 is 1.54. The number of benzene rings is 1. The van der Waals surface area contributed by atoms with Gasteiger partial charge in [-0.25, -0.2) is 14.8 Å². The predicted molar refractivity (Wildman–Crippen MR) is 101 cm³/mol. The third-order valence-corrected chi connectivity index (χ3v) is 5.05. The molecule has 0 amide bonds. The quantitative estimate of drug-likeness (QED) is 0.503. The molecule has 4 aromatic rings. The largest absolute Gasteiger partial charge is 0.454 e. The number of hydrogen-bond donors (Lipinski definition) is 0. The monoisotopic (exact) mass is 363 g/mol. The normalized spacial score (nSPS) is 11.0. The molecule has 0 aliphatic rings. The highest BCUT2D eigenvalue weighted by Crippen LogP contribution is 2.24. The van der Waals surface area contributed by atoms with Crippen molar-refractivity contribution in [1.29, 1.82) is 0 Å². The molecule has 0 saturated heterocycles. The van der Waals surface area contributed by atoms with Crippen molar-refractivity contribution in [3.63, 3.8) is 0 Å². The average Bonchev–Trinajstić information content (AvgIpc) is 3.28. The van der Waals surface area contributed by atoms with Crippen LogP contribution in [0.5, 0.6) is 0 Å². The van der Waals surface area contributed by atoms with Crippen molar-refractivity contribution in [3.05, 3.63) is 76.7 Å². The number of nitrogens with zero attached hydrogens (tertiary/aromatic N) is 3. The zero-order valence-corrected chi connectivity index (χ0v) is 15.3. The van der Waals surface area contributed by atoms with E-state index in [1.807, 2.05) is 47.0 Å². The predicted octanol–water partition coefficient (Wildman–Crippen LogP) is 4.43. The number of hydrogen-bond acceptors (Lipinski definition) is 5. The van der Waals surface area contributed by atoms with Gasteiger partial charge < -0.3 is 9.14 Å². The first kappa shape index (κ1) is 16.5. The molecule has 1 aromatic carbocycles. The Morgan fingerprint density at radius 2 is 1.92 bits per heavy atom. The van der Waals surface area contributed by atoms with Gasteiger partial charge in [-0.3, -0.25) is 0 Å². The highest BCUT2D eigenvalue weighted by Gasteiger charge is 2.14. The first-order valence-electron chi connectivity index (χ1n) is 8.23. The summed E-state index contributed by atoms with van der Waals surface area (Å²) in [4.78, 5) is 21.2. The van der Waals surface area contributed by atoms with Gasteiger partial charge in [-0.2, -0.15) is 0 Å². The number of rotatable bonds is 4. The van der Waals surface area contributed by atoms with Crippen molar-refractivity contribution in [2.45, 2.75) is 20.5 Å². The van der Waals surface area contributed by atoms with Crippen LogP contribution in [0.1, 0.15) is 27.4 Å². The van der Waals surface area contributed by atoms with E-state index in [0.29, 0.717) is 5.69 Å². The standard InChI is InChI=1S/C20H17N3O2S/c1-13-6-8-15(9-7-13)19-21-16(12-26-19)11-25-20(24)17-10-23-14(2)4-3-5-18(23)22-17/h3-10,12H,11H2,1-2H3. The summed E-state index contributed by atoms with van der Waals surface area (Å²) in [5.41, 5.74) is 5.05. The molecule has 4 rings (SSSR count). The molecule has 3 aromatic heterocycles. The zero-order chi connectivity index (χ0) is 18.1. The molecule has 6 heteroatoms. The lowest BCUT2D eigenvalue weighted by Gasteiger charge is -2.00. The number of carbonyl (C=O) groups excluding carboxylic acids is 1. The van der Waals surface area contributed by atoms with Crippen LogP contribution >= 0.6 is 11.3 Å². The topological polar surface area (TPSA) is 56.5 Å². The Bertz CT molecular complexity index is 1080. The first-order valence-corrected chi connectivity index (χ1v) is 9.11. The zero-order valence-electron chi connectivity index (χ0n) is 14.5. The Morgan fingerprint density at radius 3 is 2.69 bits per heavy atom. The fourth-order valence-electron chi connectivity index (χ4n) is 2.66. The number of esters is 1. The third kappa shape index (κ3) is 3.23. The lowest BCUT2D eigenvalue weighted by molar-refractivity contribution is 0.0462. The van der Waals surface area contributed by atoms with Gasteiger partial charge in [0.05, 0.1) is 5.69 Å². The smallest absolute Gasteiger partial charge is 0.358 e. The fraction of sp³-hybridized carbons (Fsp3) is 0.150. The Morgan fingerprint density at radius 1 is 1.12 bits per heavy atom. The van der Waals surface area contributed by atoms with E-state index in [1.165, 1.54) is 16.9 Å². The Labute approximate surface area is 154 Å². The second kappa shape index (κ2) is 6.72. The summed E-state index contributed by atoms with van der Waals surface area (Å²) in [6.07, 6.45) is 1.70. The molecule has 0 radical (unpaired) electrons. The molecule has 0 aliphatic carbocycles. The number of fused-ring (bicyclic) bond motifs is 1. The van der Waals surface area contributed by atoms with Crippen LogP contribution in [0.2, 0.25) is 0 Å². The minimum absolute atomic E-state index is 0.133. The number of thiazole rings is 1. The Kier molecular flexibility index (Phi) is 4.26. The SMILES string of the molecule is Cc1ccc(-c2nc(COC(=O)c3cn4c(C)cccc4n3)cs2)cc1. The second-order valence-corrected chi connectivity index (χ2v) is 6.97. The van der Waals surface area contributed by atoms with E-state index >= 15 is 0 Å². The van der Waals surface area contributed by atoms with Crippen molar-refractivity contribution in [2.75, 3.05) is 0 Å². The summed E-state index contributed by atoms with van der Waals surface area (Å²) in [6.45, 7) is 4.15. The van der Waals surface area contributed by atoms with Gasteiger partial charge in [0.1, 0.15) is 17.3 Å². The highest BCUT2D eigenvalue weighted by atomic mass is 32.1. The number of aromatic nitrogens is 3. The number of pyridine rings is 1. The number of imidazole rings is 1. The van der Waals surface area contributed by atoms with Gasteiger partial charge in [0, 0.05) is 22.8 Å². The van der Waals surface area contributed by atoms with Crippen molar-refractivity contribution in [1.82, 2.24) is 14.4 Å². The maximum atomic E-state index is 12.3. The summed E-state index contributed by atoms with van der Waals surface area (Å²) in [7, 11) is 0. The van der Waals surface area contributed by atoms with E-state index in [1.54, 1.807) is 6.20 Å². The van der Waals surface area contributed by atoms with Crippen LogP contribution in [0.25, 0.3) is 16.2 Å². The molecule has 130 valence electrons. The van der Waals surface area contributed by atoms with E-state index in [4.69, 9.17) is 4.74 Å². The minimum Gasteiger partial charge on any atom is -0.454 e. The van der Waals surface area contributed by atoms with Gasteiger partial charge >= 0.3 is 5.97 Å². The van der Waals surface area contributed by atoms with E-state index in [-0.39, 0.29) is 6.61 Å². The molecule has 5 nitrogen and oxygen atoms in total. The molecule has 0 unspecified atom stereocenters. The van der Waals surface area contributed by atoms with Crippen LogP contribution in [0.4, 0.5) is 0 Å². The maximum Gasteiger partial charge on any atom is 0.358 e. The van der Waals surface area contributed by atoms with E-state index in [0.717, 1.165) is 27.6 Å². The lowest BCUT2D eigenvalue weighted by Crippen LogP contribution is -2.05. The molecule has 0 spiro atoms. The number of aryl methyl sites for hydroxylation is 2. The van der Waals surface area contributed by atoms with E-state index < -0.39 is 5.97 Å². The molecule has 3 heterocycles. The van der Waals surface area contributed by atoms with Gasteiger partial charge in [0.25, 0.3) is 0 Å². The second-order valence-electron chi connectivity index (χ2n) is 6.11. The van der Waals surface area contributed by atoms with Crippen LogP contribution in [-0.2, 0) is 11.3 Å². The average molecular weight is 363 g/mol. The molecule has 0 saturated carbocycles. The molecule has 0 atom stereocenters. The first-order chi connectivity index (χ1) is 12.6. The Hall–Kier alpha value is -2.99. The van der Waals surface area contributed by atoms with Crippen LogP contribution in [0, 0.1) is 13.8 Å². The molecule has 0 fully saturated rings. The van der Waals surface area contributed by atoms with Gasteiger partial charge in [-0.1, -0.05) is 35.9 Å². The van der Waals surface area contributed by atoms with Crippen molar-refractivity contribution >= 4 is 23.0 Å². The summed E-state index contributed by atoms with van der Waals surface area (Å²) < 4.78 is 7.25. The van der Waals surface area contributed by atoms with Crippen LogP contribution in [0.3, 0.4) is 0 Å². The number of ether oxygens (including phenoxy) is 1. The van der Waals surface area contributed by atoms with Crippen LogP contribution < -0.4 is 0 Å². The fourth-order valence-corrected chi connectivity index (χ4v) is 3.47. The van der Waals surface area contributed by atoms with Gasteiger partial charge in [0.2, 0.25) is 0 Å². The van der Waals surface area contributed by atoms with Gasteiger partial charge in [-0.15, -0.1) is 11.3 Å². The molecule has 0 aliphatic heterocycles. The summed E-state index contributed by atoms with van der Waals surface area (Å²) in [5, 5.41) is 2.83. The molecule has 0 N–H and O–H groups in total. The Balaban J connectivity index is 1.46. The summed E-state index contributed by atoms with van der Waals surface area (Å²) in [6, 6.07) is 13.9. The minimum atomic E-state index is -0.446. The lowest BCUT2D eigenvalue weighted by atomic mass is 10.2. The third-order valence-electron chi connectivity index (χ3n) is 4.11. The van der Waals surface area contributed by atoms with E-state index in [2.05, 4.69) is 29.0 Å². The van der Waals surface area contributed by atoms with Gasteiger partial charge in [0.15, 0.2) is 5.69 Å². The molecule has 0 bridgehead atoms. The van der Waals surface area contributed by atoms with Crippen LogP contribution in [-0.4, -0.2) is 20.3 Å². The summed E-state index contributed by atoms with van der Waals surface area (Å²) in [5.74, 6) is -0.446. The molecule has 26 heavy (non-hydrogen) atoms. The molecular weight excluding hydrogens is 346 g/mol. The number of carbonyl (C=O) groups is 1. The molecular formula is C20H17N3O2S. The van der Waals surface area contributed by atoms with Gasteiger partial charge in [-0.05, 0) is 26.0 Å². The van der Waals surface area contributed by atoms with Crippen molar-refractivity contribution in [2.24, 2.45) is 0 Å². The van der Waals surface area contributed by atoms with Crippen molar-refractivity contribution < 1.29 is 9.53 Å².